The van der Waals surface area contributed by atoms with Gasteiger partial charge in [-0.05, 0) is 32.8 Å². The van der Waals surface area contributed by atoms with E-state index in [9.17, 15) is 18.0 Å². The van der Waals surface area contributed by atoms with Gasteiger partial charge in [-0.3, -0.25) is 9.59 Å². The molecule has 1 fully saturated rings. The molecule has 1 aromatic heterocycles. The highest BCUT2D eigenvalue weighted by molar-refractivity contribution is 7.89. The standard InChI is InChI=1S/C16H25N3O5S/c1-12(2)19(11-15(20)21)16(22)14-9-13(10-17(14)3)25(23,24)18-7-5-4-6-8-18/h9-10,12H,4-8,11H2,1-3H3,(H,20,21). The van der Waals surface area contributed by atoms with Gasteiger partial charge in [-0.2, -0.15) is 4.31 Å². The number of carboxylic acids is 1. The maximum absolute atomic E-state index is 12.8. The van der Waals surface area contributed by atoms with Crippen molar-refractivity contribution in [2.75, 3.05) is 19.6 Å². The van der Waals surface area contributed by atoms with Gasteiger partial charge in [0.05, 0.1) is 0 Å². The number of hydrogen-bond donors (Lipinski definition) is 1. The smallest absolute Gasteiger partial charge is 0.323 e. The number of carbonyl (C=O) groups excluding carboxylic acids is 1. The summed E-state index contributed by atoms with van der Waals surface area (Å²) in [4.78, 5) is 25.0. The van der Waals surface area contributed by atoms with Crippen molar-refractivity contribution in [2.24, 2.45) is 7.05 Å². The van der Waals surface area contributed by atoms with Crippen molar-refractivity contribution in [1.29, 1.82) is 0 Å². The third-order valence-corrected chi connectivity index (χ3v) is 6.21. The van der Waals surface area contributed by atoms with Gasteiger partial charge in [0, 0.05) is 32.4 Å². The highest BCUT2D eigenvalue weighted by Crippen LogP contribution is 2.23. The van der Waals surface area contributed by atoms with Gasteiger partial charge in [-0.15, -0.1) is 0 Å². The van der Waals surface area contributed by atoms with Crippen molar-refractivity contribution >= 4 is 21.9 Å². The van der Waals surface area contributed by atoms with Crippen molar-refractivity contribution < 1.29 is 23.1 Å². The van der Waals surface area contributed by atoms with E-state index in [2.05, 4.69) is 0 Å². The molecule has 8 nitrogen and oxygen atoms in total. The first-order chi connectivity index (χ1) is 11.6. The van der Waals surface area contributed by atoms with Crippen molar-refractivity contribution in [3.05, 3.63) is 18.0 Å². The minimum atomic E-state index is -3.64. The summed E-state index contributed by atoms with van der Waals surface area (Å²) in [5, 5.41) is 9.00. The van der Waals surface area contributed by atoms with Crippen LogP contribution in [0, 0.1) is 0 Å². The Balaban J connectivity index is 2.32. The third-order valence-electron chi connectivity index (χ3n) is 4.34. The minimum absolute atomic E-state index is 0.0688. The van der Waals surface area contributed by atoms with Gasteiger partial charge in [0.25, 0.3) is 5.91 Å². The van der Waals surface area contributed by atoms with Crippen LogP contribution in [-0.4, -0.2) is 64.8 Å². The normalized spacial score (nSPS) is 16.2. The number of aromatic nitrogens is 1. The summed E-state index contributed by atoms with van der Waals surface area (Å²) in [6.07, 6.45) is 4.09. The van der Waals surface area contributed by atoms with E-state index in [0.29, 0.717) is 13.1 Å². The van der Waals surface area contributed by atoms with Crippen LogP contribution >= 0.6 is 0 Å². The number of hydrogen-bond acceptors (Lipinski definition) is 4. The Morgan fingerprint density at radius 2 is 1.84 bits per heavy atom. The van der Waals surface area contributed by atoms with E-state index in [0.717, 1.165) is 19.3 Å². The number of aliphatic carboxylic acids is 1. The Morgan fingerprint density at radius 3 is 2.36 bits per heavy atom. The second-order valence-electron chi connectivity index (χ2n) is 6.56. The van der Waals surface area contributed by atoms with Crippen LogP contribution in [0.1, 0.15) is 43.6 Å². The average Bonchev–Trinajstić information content (AvgIpc) is 2.95. The molecule has 2 rings (SSSR count). The topological polar surface area (TPSA) is 99.9 Å². The zero-order valence-corrected chi connectivity index (χ0v) is 15.6. The predicted octanol–water partition coefficient (Wildman–Crippen LogP) is 1.13. The molecule has 1 saturated heterocycles. The fraction of sp³-hybridized carbons (Fsp3) is 0.625. The van der Waals surface area contributed by atoms with Gasteiger partial charge in [0.2, 0.25) is 10.0 Å². The molecule has 1 aliphatic rings. The van der Waals surface area contributed by atoms with E-state index >= 15 is 0 Å². The first-order valence-corrected chi connectivity index (χ1v) is 9.78. The summed E-state index contributed by atoms with van der Waals surface area (Å²) in [6, 6.07) is 1.02. The van der Waals surface area contributed by atoms with Crippen LogP contribution in [0.2, 0.25) is 0 Å². The summed E-state index contributed by atoms with van der Waals surface area (Å²) in [6.45, 7) is 3.97. The Hall–Kier alpha value is -1.87. The largest absolute Gasteiger partial charge is 0.480 e. The first kappa shape index (κ1) is 19.5. The Kier molecular flexibility index (Phi) is 5.89. The number of amides is 1. The van der Waals surface area contributed by atoms with Crippen LogP contribution in [0.5, 0.6) is 0 Å². The molecule has 9 heteroatoms. The van der Waals surface area contributed by atoms with Crippen molar-refractivity contribution in [3.8, 4) is 0 Å². The number of sulfonamides is 1. The Morgan fingerprint density at radius 1 is 1.24 bits per heavy atom. The molecule has 1 aromatic rings. The molecule has 1 amide bonds. The summed E-state index contributed by atoms with van der Waals surface area (Å²) in [7, 11) is -2.06. The van der Waals surface area contributed by atoms with Crippen LogP contribution in [0.15, 0.2) is 17.2 Å². The van der Waals surface area contributed by atoms with E-state index in [4.69, 9.17) is 5.11 Å². The quantitative estimate of drug-likeness (QED) is 0.808. The summed E-state index contributed by atoms with van der Waals surface area (Å²) in [5.41, 5.74) is 0.158. The number of aryl methyl sites for hydroxylation is 1. The number of nitrogens with zero attached hydrogens (tertiary/aromatic N) is 3. The van der Waals surface area contributed by atoms with E-state index in [1.54, 1.807) is 20.9 Å². The van der Waals surface area contributed by atoms with Crippen LogP contribution in [-0.2, 0) is 21.9 Å². The molecule has 0 saturated carbocycles. The summed E-state index contributed by atoms with van der Waals surface area (Å²) < 4.78 is 28.4. The van der Waals surface area contributed by atoms with Crippen molar-refractivity contribution in [2.45, 2.75) is 44.0 Å². The molecule has 1 N–H and O–H groups in total. The van der Waals surface area contributed by atoms with Gasteiger partial charge in [-0.1, -0.05) is 6.42 Å². The SMILES string of the molecule is CC(C)N(CC(=O)O)C(=O)c1cc(S(=O)(=O)N2CCCCC2)cn1C. The lowest BCUT2D eigenvalue weighted by Crippen LogP contribution is -2.41. The third kappa shape index (κ3) is 4.21. The number of carboxylic acid groups (broad SMARTS) is 1. The van der Waals surface area contributed by atoms with Crippen molar-refractivity contribution in [3.63, 3.8) is 0 Å². The Bertz CT molecular complexity index is 748. The lowest BCUT2D eigenvalue weighted by atomic mass is 10.2. The minimum Gasteiger partial charge on any atom is -0.480 e. The molecule has 0 atom stereocenters. The fourth-order valence-corrected chi connectivity index (χ4v) is 4.51. The maximum atomic E-state index is 12.8. The number of piperidine rings is 1. The van der Waals surface area contributed by atoms with E-state index in [1.165, 1.54) is 26.0 Å². The maximum Gasteiger partial charge on any atom is 0.323 e. The van der Waals surface area contributed by atoms with Gasteiger partial charge in [0.1, 0.15) is 17.1 Å². The van der Waals surface area contributed by atoms with Crippen molar-refractivity contribution in [1.82, 2.24) is 13.8 Å². The molecule has 0 bridgehead atoms. The predicted molar refractivity (Wildman–Crippen MR) is 91.8 cm³/mol. The highest BCUT2D eigenvalue weighted by atomic mass is 32.2. The van der Waals surface area contributed by atoms with Crippen LogP contribution < -0.4 is 0 Å². The molecule has 0 unspecified atom stereocenters. The number of rotatable bonds is 6. The zero-order valence-electron chi connectivity index (χ0n) is 14.8. The summed E-state index contributed by atoms with van der Waals surface area (Å²) in [5.74, 6) is -1.61. The van der Waals surface area contributed by atoms with Gasteiger partial charge >= 0.3 is 5.97 Å². The lowest BCUT2D eigenvalue weighted by molar-refractivity contribution is -0.138. The average molecular weight is 371 g/mol. The van der Waals surface area contributed by atoms with E-state index < -0.39 is 28.4 Å². The molecule has 2 heterocycles. The van der Waals surface area contributed by atoms with Gasteiger partial charge in [-0.25, -0.2) is 8.42 Å². The second kappa shape index (κ2) is 7.57. The molecular weight excluding hydrogens is 346 g/mol. The highest BCUT2D eigenvalue weighted by Gasteiger charge is 2.30. The molecule has 0 spiro atoms. The number of carbonyl (C=O) groups is 2. The zero-order chi connectivity index (χ0) is 18.8. The summed E-state index contributed by atoms with van der Waals surface area (Å²) >= 11 is 0. The molecule has 0 aromatic carbocycles. The fourth-order valence-electron chi connectivity index (χ4n) is 2.92. The molecule has 1 aliphatic heterocycles. The molecule has 0 aliphatic carbocycles. The molecule has 140 valence electrons. The monoisotopic (exact) mass is 371 g/mol. The van der Waals surface area contributed by atoms with E-state index in [1.807, 2.05) is 0 Å². The molecular formula is C16H25N3O5S. The molecule has 25 heavy (non-hydrogen) atoms. The second-order valence-corrected chi connectivity index (χ2v) is 8.50. The van der Waals surface area contributed by atoms with E-state index in [-0.39, 0.29) is 16.6 Å². The lowest BCUT2D eigenvalue weighted by Gasteiger charge is -2.25. The van der Waals surface area contributed by atoms with Crippen LogP contribution in [0.3, 0.4) is 0 Å². The van der Waals surface area contributed by atoms with Crippen LogP contribution in [0.4, 0.5) is 0 Å². The Labute approximate surface area is 148 Å². The van der Waals surface area contributed by atoms with Gasteiger partial charge in [0.15, 0.2) is 0 Å². The molecule has 0 radical (unpaired) electrons. The first-order valence-electron chi connectivity index (χ1n) is 8.34. The van der Waals surface area contributed by atoms with Gasteiger partial charge < -0.3 is 14.6 Å². The van der Waals surface area contributed by atoms with Crippen LogP contribution in [0.25, 0.3) is 0 Å².